The maximum Gasteiger partial charge on any atom is 0.326 e. The largest absolute Gasteiger partial charge is 0.480 e. The van der Waals surface area contributed by atoms with Crippen molar-refractivity contribution in [2.75, 3.05) is 0 Å². The Morgan fingerprint density at radius 1 is 1.00 bits per heavy atom. The molecule has 1 atom stereocenters. The second-order valence-corrected chi connectivity index (χ2v) is 9.06. The Bertz CT molecular complexity index is 678. The average Bonchev–Trinajstić information content (AvgIpc) is 2.49. The van der Waals surface area contributed by atoms with Crippen LogP contribution < -0.4 is 5.32 Å². The molecule has 0 spiro atoms. The molecule has 0 aromatic heterocycles. The number of halogens is 2. The molecule has 6 heteroatoms. The number of hydrogen-bond acceptors (Lipinski definition) is 2. The highest BCUT2D eigenvalue weighted by molar-refractivity contribution is 6.35. The smallest absolute Gasteiger partial charge is 0.326 e. The number of carboxylic acid groups (broad SMARTS) is 1. The van der Waals surface area contributed by atoms with Gasteiger partial charge in [0.05, 0.1) is 0 Å². The van der Waals surface area contributed by atoms with Gasteiger partial charge in [0.25, 0.3) is 5.91 Å². The van der Waals surface area contributed by atoms with E-state index in [0.717, 1.165) is 19.3 Å². The Labute approximate surface area is 156 Å². The minimum atomic E-state index is -0.941. The summed E-state index contributed by atoms with van der Waals surface area (Å²) in [4.78, 5) is 24.7. The van der Waals surface area contributed by atoms with Crippen molar-refractivity contribution in [3.63, 3.8) is 0 Å². The third-order valence-corrected chi connectivity index (χ3v) is 6.78. The van der Waals surface area contributed by atoms with Crippen LogP contribution in [0.2, 0.25) is 10.0 Å². The average molecular weight is 382 g/mol. The zero-order valence-corrected chi connectivity index (χ0v) is 15.3. The highest BCUT2D eigenvalue weighted by Gasteiger charge is 2.56. The summed E-state index contributed by atoms with van der Waals surface area (Å²) in [7, 11) is 0. The monoisotopic (exact) mass is 381 g/mol. The first kappa shape index (κ1) is 17.2. The molecule has 4 saturated carbocycles. The molecule has 1 amide bonds. The predicted molar refractivity (Wildman–Crippen MR) is 96.0 cm³/mol. The van der Waals surface area contributed by atoms with E-state index in [9.17, 15) is 14.7 Å². The van der Waals surface area contributed by atoms with Gasteiger partial charge in [-0.15, -0.1) is 0 Å². The van der Waals surface area contributed by atoms with Crippen molar-refractivity contribution < 1.29 is 14.7 Å². The summed E-state index contributed by atoms with van der Waals surface area (Å²) in [6.07, 6.45) is 6.40. The van der Waals surface area contributed by atoms with Gasteiger partial charge in [-0.1, -0.05) is 23.2 Å². The van der Waals surface area contributed by atoms with Gasteiger partial charge in [-0.05, 0) is 74.5 Å². The highest BCUT2D eigenvalue weighted by Crippen LogP contribution is 2.61. The molecular weight excluding hydrogens is 361 g/mol. The Hall–Kier alpha value is -1.26. The summed E-state index contributed by atoms with van der Waals surface area (Å²) in [5.41, 5.74) is -0.00741. The van der Waals surface area contributed by atoms with E-state index in [0.29, 0.717) is 33.4 Å². The third kappa shape index (κ3) is 3.15. The number of carbonyl (C=O) groups is 2. The van der Waals surface area contributed by atoms with Gasteiger partial charge in [-0.3, -0.25) is 4.79 Å². The summed E-state index contributed by atoms with van der Waals surface area (Å²) >= 11 is 11.9. The van der Waals surface area contributed by atoms with Crippen molar-refractivity contribution in [2.45, 2.75) is 44.6 Å². The van der Waals surface area contributed by atoms with Gasteiger partial charge in [0.15, 0.2) is 0 Å². The molecule has 4 aliphatic rings. The molecule has 0 radical (unpaired) electrons. The first-order valence-electron chi connectivity index (χ1n) is 8.84. The van der Waals surface area contributed by atoms with E-state index >= 15 is 0 Å². The van der Waals surface area contributed by atoms with Crippen LogP contribution in [0.3, 0.4) is 0 Å². The van der Waals surface area contributed by atoms with Gasteiger partial charge < -0.3 is 10.4 Å². The number of aliphatic carboxylic acids is 1. The van der Waals surface area contributed by atoms with Crippen molar-refractivity contribution >= 4 is 35.1 Å². The lowest BCUT2D eigenvalue weighted by atomic mass is 9.47. The standard InChI is InChI=1S/C19H21Cl2NO3/c20-14-4-13(5-15(21)6-14)17(23)22-16(18(24)25)19-7-10-1-11(8-19)3-12(2-10)9-19/h4-6,10-12,16H,1-3,7-9H2,(H,22,23)(H,24,25)/t10?,11?,12?,16-,19?/m1/s1. The van der Waals surface area contributed by atoms with E-state index in [1.54, 1.807) is 6.07 Å². The fourth-order valence-corrected chi connectivity index (χ4v) is 6.43. The second kappa shape index (κ2) is 6.17. The summed E-state index contributed by atoms with van der Waals surface area (Å²) in [5, 5.41) is 13.4. The second-order valence-electron chi connectivity index (χ2n) is 8.18. The Morgan fingerprint density at radius 2 is 1.48 bits per heavy atom. The number of hydrogen-bond donors (Lipinski definition) is 2. The molecule has 1 aromatic rings. The third-order valence-electron chi connectivity index (χ3n) is 6.35. The van der Waals surface area contributed by atoms with Crippen molar-refractivity contribution in [3.8, 4) is 0 Å². The fourth-order valence-electron chi connectivity index (χ4n) is 5.91. The molecule has 5 rings (SSSR count). The van der Waals surface area contributed by atoms with E-state index in [2.05, 4.69) is 5.32 Å². The molecule has 0 heterocycles. The molecule has 25 heavy (non-hydrogen) atoms. The van der Waals surface area contributed by atoms with E-state index in [4.69, 9.17) is 23.2 Å². The summed E-state index contributed by atoms with van der Waals surface area (Å²) in [6, 6.07) is 3.72. The van der Waals surface area contributed by atoms with Gasteiger partial charge in [0, 0.05) is 21.0 Å². The van der Waals surface area contributed by atoms with Gasteiger partial charge >= 0.3 is 5.97 Å². The number of carbonyl (C=O) groups excluding carboxylic acids is 1. The SMILES string of the molecule is O=C(N[C@H](C(=O)O)C12CC3CC(CC(C3)C1)C2)c1cc(Cl)cc(Cl)c1. The van der Waals surface area contributed by atoms with E-state index in [1.165, 1.54) is 31.4 Å². The van der Waals surface area contributed by atoms with Crippen LogP contribution in [0.5, 0.6) is 0 Å². The van der Waals surface area contributed by atoms with Crippen LogP contribution in [0.15, 0.2) is 18.2 Å². The van der Waals surface area contributed by atoms with E-state index in [1.807, 2.05) is 0 Å². The predicted octanol–water partition coefficient (Wildman–Crippen LogP) is 4.39. The minimum absolute atomic E-state index is 0.300. The van der Waals surface area contributed by atoms with Crippen LogP contribution in [0.25, 0.3) is 0 Å². The number of nitrogens with one attached hydrogen (secondary N) is 1. The van der Waals surface area contributed by atoms with Crippen molar-refractivity contribution in [3.05, 3.63) is 33.8 Å². The van der Waals surface area contributed by atoms with Crippen LogP contribution in [0, 0.1) is 23.2 Å². The molecule has 4 nitrogen and oxygen atoms in total. The first-order valence-corrected chi connectivity index (χ1v) is 9.60. The van der Waals surface area contributed by atoms with Crippen molar-refractivity contribution in [2.24, 2.45) is 23.2 Å². The Kier molecular flexibility index (Phi) is 4.24. The zero-order valence-electron chi connectivity index (χ0n) is 13.8. The van der Waals surface area contributed by atoms with E-state index < -0.39 is 17.9 Å². The number of carboxylic acids is 1. The summed E-state index contributed by atoms with van der Waals surface area (Å²) < 4.78 is 0. The molecule has 0 aliphatic heterocycles. The number of amides is 1. The highest BCUT2D eigenvalue weighted by atomic mass is 35.5. The van der Waals surface area contributed by atoms with Crippen LogP contribution >= 0.6 is 23.2 Å². The van der Waals surface area contributed by atoms with Crippen LogP contribution in [0.4, 0.5) is 0 Å². The lowest BCUT2D eigenvalue weighted by Crippen LogP contribution is -2.59. The molecule has 0 saturated heterocycles. The van der Waals surface area contributed by atoms with Crippen molar-refractivity contribution in [1.29, 1.82) is 0 Å². The van der Waals surface area contributed by atoms with Crippen LogP contribution in [-0.4, -0.2) is 23.0 Å². The lowest BCUT2D eigenvalue weighted by molar-refractivity contribution is -0.150. The van der Waals surface area contributed by atoms with Crippen LogP contribution in [0.1, 0.15) is 48.9 Å². The zero-order chi connectivity index (χ0) is 17.8. The summed E-state index contributed by atoms with van der Waals surface area (Å²) in [6.45, 7) is 0. The summed E-state index contributed by atoms with van der Waals surface area (Å²) in [5.74, 6) is 0.484. The maximum absolute atomic E-state index is 12.7. The van der Waals surface area contributed by atoms with Crippen LogP contribution in [-0.2, 0) is 4.79 Å². The molecule has 4 aliphatic carbocycles. The van der Waals surface area contributed by atoms with Gasteiger partial charge in [0.2, 0.25) is 0 Å². The van der Waals surface area contributed by atoms with Crippen molar-refractivity contribution in [1.82, 2.24) is 5.32 Å². The number of benzene rings is 1. The molecule has 4 fully saturated rings. The Morgan fingerprint density at radius 3 is 1.92 bits per heavy atom. The molecule has 0 unspecified atom stereocenters. The Balaban J connectivity index is 1.60. The van der Waals surface area contributed by atoms with E-state index in [-0.39, 0.29) is 5.41 Å². The quantitative estimate of drug-likeness (QED) is 0.812. The first-order chi connectivity index (χ1) is 11.8. The van der Waals surface area contributed by atoms with Gasteiger partial charge in [-0.2, -0.15) is 0 Å². The maximum atomic E-state index is 12.7. The topological polar surface area (TPSA) is 66.4 Å². The molecule has 1 aromatic carbocycles. The van der Waals surface area contributed by atoms with Gasteiger partial charge in [0.1, 0.15) is 6.04 Å². The molecule has 4 bridgehead atoms. The molecular formula is C19H21Cl2NO3. The number of rotatable bonds is 4. The normalized spacial score (nSPS) is 33.9. The van der Waals surface area contributed by atoms with Gasteiger partial charge in [-0.25, -0.2) is 4.79 Å². The fraction of sp³-hybridized carbons (Fsp3) is 0.579. The lowest BCUT2D eigenvalue weighted by Gasteiger charge is -2.58. The molecule has 134 valence electrons. The minimum Gasteiger partial charge on any atom is -0.480 e. The molecule has 2 N–H and O–H groups in total.